The van der Waals surface area contributed by atoms with E-state index >= 15 is 0 Å². The second kappa shape index (κ2) is 5.41. The smallest absolute Gasteiger partial charge is 0.337 e. The molecule has 0 unspecified atom stereocenters. The van der Waals surface area contributed by atoms with Gasteiger partial charge >= 0.3 is 5.97 Å². The van der Waals surface area contributed by atoms with E-state index in [0.717, 1.165) is 15.4 Å². The van der Waals surface area contributed by atoms with Crippen LogP contribution in [0.1, 0.15) is 10.4 Å². The topological polar surface area (TPSA) is 107 Å². The minimum atomic E-state index is -0.420. The summed E-state index contributed by atoms with van der Waals surface area (Å²) in [5.41, 5.74) is 8.22. The van der Waals surface area contributed by atoms with E-state index in [4.69, 9.17) is 5.73 Å². The molecule has 0 fully saturated rings. The number of hydrogen-bond acceptors (Lipinski definition) is 7. The normalized spacial score (nSPS) is 10.7. The number of nitrogens with one attached hydrogen (secondary N) is 1. The first-order valence-corrected chi connectivity index (χ1v) is 6.80. The van der Waals surface area contributed by atoms with Crippen molar-refractivity contribution in [2.45, 2.75) is 9.92 Å². The number of nitrogen functional groups attached to an aromatic ring is 1. The highest BCUT2D eigenvalue weighted by atomic mass is 32.2. The molecule has 106 valence electrons. The van der Waals surface area contributed by atoms with Gasteiger partial charge in [0.15, 0.2) is 5.65 Å². The van der Waals surface area contributed by atoms with E-state index in [2.05, 4.69) is 24.7 Å². The summed E-state index contributed by atoms with van der Waals surface area (Å²) < 4.78 is 4.66. The summed E-state index contributed by atoms with van der Waals surface area (Å²) in [4.78, 5) is 27.6. The third kappa shape index (κ3) is 2.52. The summed E-state index contributed by atoms with van der Waals surface area (Å²) in [6, 6.07) is 5.01. The molecular formula is C13H11N5O2S. The van der Waals surface area contributed by atoms with Gasteiger partial charge in [0.05, 0.1) is 19.0 Å². The van der Waals surface area contributed by atoms with E-state index in [0.29, 0.717) is 16.9 Å². The fourth-order valence-corrected chi connectivity index (χ4v) is 2.68. The quantitative estimate of drug-likeness (QED) is 0.432. The molecule has 2 heterocycles. The fourth-order valence-electron chi connectivity index (χ4n) is 1.81. The molecule has 0 bridgehead atoms. The van der Waals surface area contributed by atoms with Crippen molar-refractivity contribution in [3.05, 3.63) is 36.4 Å². The lowest BCUT2D eigenvalue weighted by Crippen LogP contribution is -2.02. The molecule has 1 aromatic carbocycles. The van der Waals surface area contributed by atoms with Gasteiger partial charge in [0.1, 0.15) is 16.9 Å². The number of aromatic nitrogens is 4. The van der Waals surface area contributed by atoms with Crippen molar-refractivity contribution >= 4 is 34.6 Å². The number of hydrogen-bond donors (Lipinski definition) is 2. The van der Waals surface area contributed by atoms with Crippen LogP contribution < -0.4 is 5.73 Å². The molecule has 0 aliphatic heterocycles. The minimum absolute atomic E-state index is 0.411. The molecule has 7 nitrogen and oxygen atoms in total. The molecule has 2 aromatic heterocycles. The van der Waals surface area contributed by atoms with Crippen molar-refractivity contribution in [3.8, 4) is 0 Å². The van der Waals surface area contributed by atoms with E-state index in [1.807, 2.05) is 0 Å². The van der Waals surface area contributed by atoms with Gasteiger partial charge in [0.2, 0.25) is 0 Å². The van der Waals surface area contributed by atoms with E-state index in [1.54, 1.807) is 24.5 Å². The number of anilines is 1. The molecule has 0 atom stereocenters. The van der Waals surface area contributed by atoms with E-state index < -0.39 is 5.97 Å². The standard InChI is InChI=1S/C13H11N5O2S/c1-20-13(19)7-2-3-9(8(14)4-7)21-12-10-11(16-5-15-10)17-6-18-12/h2-6H,14H2,1H3,(H,15,16,17,18). The first-order chi connectivity index (χ1) is 10.2. The van der Waals surface area contributed by atoms with Crippen LogP contribution in [0.2, 0.25) is 0 Å². The van der Waals surface area contributed by atoms with Gasteiger partial charge in [0, 0.05) is 10.6 Å². The zero-order chi connectivity index (χ0) is 14.8. The number of fused-ring (bicyclic) bond motifs is 1. The largest absolute Gasteiger partial charge is 0.465 e. The van der Waals surface area contributed by atoms with Crippen molar-refractivity contribution in [3.63, 3.8) is 0 Å². The Balaban J connectivity index is 1.95. The molecule has 0 radical (unpaired) electrons. The third-order valence-corrected chi connectivity index (χ3v) is 3.92. The molecule has 0 amide bonds. The van der Waals surface area contributed by atoms with Crippen LogP contribution in [0, 0.1) is 0 Å². The number of imidazole rings is 1. The maximum atomic E-state index is 11.5. The number of carbonyl (C=O) groups is 1. The van der Waals surface area contributed by atoms with Crippen LogP contribution in [0.15, 0.2) is 40.8 Å². The summed E-state index contributed by atoms with van der Waals surface area (Å²) in [7, 11) is 1.33. The van der Waals surface area contributed by atoms with Gasteiger partial charge in [-0.2, -0.15) is 0 Å². The zero-order valence-corrected chi connectivity index (χ0v) is 11.8. The molecule has 3 N–H and O–H groups in total. The Morgan fingerprint density at radius 1 is 1.33 bits per heavy atom. The van der Waals surface area contributed by atoms with Crippen molar-refractivity contribution < 1.29 is 9.53 Å². The molecule has 21 heavy (non-hydrogen) atoms. The van der Waals surface area contributed by atoms with Crippen molar-refractivity contribution in [1.82, 2.24) is 19.9 Å². The number of ether oxygens (including phenoxy) is 1. The summed E-state index contributed by atoms with van der Waals surface area (Å²) in [5.74, 6) is -0.420. The molecule has 3 aromatic rings. The monoisotopic (exact) mass is 301 g/mol. The first-order valence-electron chi connectivity index (χ1n) is 5.99. The van der Waals surface area contributed by atoms with Gasteiger partial charge in [-0.3, -0.25) is 0 Å². The second-order valence-electron chi connectivity index (χ2n) is 4.13. The van der Waals surface area contributed by atoms with Crippen LogP contribution in [0.25, 0.3) is 11.2 Å². The third-order valence-electron chi connectivity index (χ3n) is 2.83. The molecule has 0 saturated carbocycles. The molecular weight excluding hydrogens is 290 g/mol. The number of aromatic amines is 1. The highest BCUT2D eigenvalue weighted by Crippen LogP contribution is 2.33. The number of nitrogens with zero attached hydrogens (tertiary/aromatic N) is 3. The lowest BCUT2D eigenvalue weighted by molar-refractivity contribution is 0.0600. The fraction of sp³-hybridized carbons (Fsp3) is 0.0769. The van der Waals surface area contributed by atoms with Crippen LogP contribution in [-0.2, 0) is 4.74 Å². The van der Waals surface area contributed by atoms with Gasteiger partial charge < -0.3 is 15.5 Å². The van der Waals surface area contributed by atoms with Gasteiger partial charge in [0.25, 0.3) is 0 Å². The molecule has 0 spiro atoms. The Morgan fingerprint density at radius 2 is 2.19 bits per heavy atom. The van der Waals surface area contributed by atoms with E-state index in [9.17, 15) is 4.79 Å². The molecule has 0 saturated heterocycles. The first kappa shape index (κ1) is 13.4. The number of benzene rings is 1. The Bertz CT molecular complexity index is 817. The van der Waals surface area contributed by atoms with Crippen LogP contribution in [0.5, 0.6) is 0 Å². The summed E-state index contributed by atoms with van der Waals surface area (Å²) in [5, 5.41) is 0.718. The Morgan fingerprint density at radius 3 is 2.95 bits per heavy atom. The maximum absolute atomic E-state index is 11.5. The maximum Gasteiger partial charge on any atom is 0.337 e. The predicted molar refractivity (Wildman–Crippen MR) is 78.0 cm³/mol. The number of nitrogens with two attached hydrogens (primary N) is 1. The van der Waals surface area contributed by atoms with Crippen LogP contribution >= 0.6 is 11.8 Å². The molecule has 8 heteroatoms. The average molecular weight is 301 g/mol. The number of methoxy groups -OCH3 is 1. The number of H-pyrrole nitrogens is 1. The summed E-state index contributed by atoms with van der Waals surface area (Å²) in [6.07, 6.45) is 3.01. The molecule has 3 rings (SSSR count). The van der Waals surface area contributed by atoms with Crippen LogP contribution in [0.3, 0.4) is 0 Å². The number of carbonyl (C=O) groups excluding carboxylic acids is 1. The second-order valence-corrected chi connectivity index (χ2v) is 5.16. The number of rotatable bonds is 3. The van der Waals surface area contributed by atoms with E-state index in [-0.39, 0.29) is 0 Å². The minimum Gasteiger partial charge on any atom is -0.465 e. The van der Waals surface area contributed by atoms with E-state index in [1.165, 1.54) is 25.2 Å². The highest BCUT2D eigenvalue weighted by Gasteiger charge is 2.12. The van der Waals surface area contributed by atoms with Gasteiger partial charge in [-0.25, -0.2) is 19.7 Å². The average Bonchev–Trinajstić information content (AvgIpc) is 2.98. The van der Waals surface area contributed by atoms with Gasteiger partial charge in [-0.05, 0) is 18.2 Å². The highest BCUT2D eigenvalue weighted by molar-refractivity contribution is 7.99. The lowest BCUT2D eigenvalue weighted by atomic mass is 10.2. The summed E-state index contributed by atoms with van der Waals surface area (Å²) in [6.45, 7) is 0. The Hall–Kier alpha value is -2.61. The Kier molecular flexibility index (Phi) is 3.44. The SMILES string of the molecule is COC(=O)c1ccc(Sc2ncnc3nc[nH]c23)c(N)c1. The molecule has 0 aliphatic carbocycles. The zero-order valence-electron chi connectivity index (χ0n) is 11.0. The van der Waals surface area contributed by atoms with Gasteiger partial charge in [-0.1, -0.05) is 11.8 Å². The van der Waals surface area contributed by atoms with Crippen LogP contribution in [-0.4, -0.2) is 33.0 Å². The van der Waals surface area contributed by atoms with Crippen LogP contribution in [0.4, 0.5) is 5.69 Å². The predicted octanol–water partition coefficient (Wildman–Crippen LogP) is 1.87. The van der Waals surface area contributed by atoms with Crippen molar-refractivity contribution in [2.75, 3.05) is 12.8 Å². The lowest BCUT2D eigenvalue weighted by Gasteiger charge is -2.07. The molecule has 0 aliphatic rings. The van der Waals surface area contributed by atoms with Crippen molar-refractivity contribution in [2.24, 2.45) is 0 Å². The Labute approximate surface area is 124 Å². The number of esters is 1. The summed E-state index contributed by atoms with van der Waals surface area (Å²) >= 11 is 1.38. The van der Waals surface area contributed by atoms with Gasteiger partial charge in [-0.15, -0.1) is 0 Å². The van der Waals surface area contributed by atoms with Crippen molar-refractivity contribution in [1.29, 1.82) is 0 Å².